The molecule has 1 atom stereocenters. The van der Waals surface area contributed by atoms with Gasteiger partial charge in [0.05, 0.1) is 52.9 Å². The van der Waals surface area contributed by atoms with Crippen LogP contribution in [-0.2, 0) is 39.7 Å². The Bertz CT molecular complexity index is 460. The number of piperazine rings is 1. The zero-order valence-electron chi connectivity index (χ0n) is 17.9. The molecule has 0 saturated carbocycles. The summed E-state index contributed by atoms with van der Waals surface area (Å²) in [6.45, 7) is 10.2. The molecule has 1 heterocycles. The fourth-order valence-corrected chi connectivity index (χ4v) is 3.03. The number of ether oxygens (including phenoxy) is 5. The first kappa shape index (κ1) is 27.3. The minimum atomic E-state index is -2.11. The molecule has 0 radical (unpaired) electrons. The fourth-order valence-electron chi connectivity index (χ4n) is 2.57. The Kier molecular flexibility index (Phi) is 17.3. The van der Waals surface area contributed by atoms with Crippen LogP contribution in [0.25, 0.3) is 0 Å². The highest BCUT2D eigenvalue weighted by Crippen LogP contribution is 2.02. The smallest absolute Gasteiger partial charge is 0.246 e. The van der Waals surface area contributed by atoms with Crippen LogP contribution in [0.3, 0.4) is 0 Å². The van der Waals surface area contributed by atoms with Crippen molar-refractivity contribution < 1.29 is 38.7 Å². The summed E-state index contributed by atoms with van der Waals surface area (Å²) in [5.74, 6) is -0.143. The topological polar surface area (TPSA) is 122 Å². The molecule has 1 rings (SSSR count). The molecule has 1 aliphatic heterocycles. The van der Waals surface area contributed by atoms with Crippen LogP contribution in [0.2, 0.25) is 0 Å². The van der Waals surface area contributed by atoms with E-state index in [1.165, 1.54) is 4.31 Å². The highest BCUT2D eigenvalue weighted by molar-refractivity contribution is 7.76. The minimum absolute atomic E-state index is 0. The first-order valence-electron chi connectivity index (χ1n) is 10.4. The molecule has 12 heteroatoms. The van der Waals surface area contributed by atoms with Gasteiger partial charge < -0.3 is 33.6 Å². The largest absolute Gasteiger partial charge is 0.760 e. The Hall–Kier alpha value is -0.700. The van der Waals surface area contributed by atoms with E-state index < -0.39 is 11.3 Å². The van der Waals surface area contributed by atoms with Crippen LogP contribution in [0, 0.1) is 0 Å². The van der Waals surface area contributed by atoms with Gasteiger partial charge in [-0.05, 0) is 6.92 Å². The van der Waals surface area contributed by atoms with Crippen LogP contribution < -0.4 is 5.32 Å². The van der Waals surface area contributed by atoms with Gasteiger partial charge in [0.25, 0.3) is 0 Å². The molecule has 0 bridgehead atoms. The minimum Gasteiger partial charge on any atom is -0.760 e. The van der Waals surface area contributed by atoms with Gasteiger partial charge >= 0.3 is 0 Å². The van der Waals surface area contributed by atoms with Crippen molar-refractivity contribution in [1.82, 2.24) is 14.5 Å². The van der Waals surface area contributed by atoms with E-state index >= 15 is 0 Å². The van der Waals surface area contributed by atoms with E-state index in [1.54, 1.807) is 0 Å². The molecule has 1 fully saturated rings. The predicted octanol–water partition coefficient (Wildman–Crippen LogP) is -1.14. The quantitative estimate of drug-likeness (QED) is 0.190. The van der Waals surface area contributed by atoms with Gasteiger partial charge in [-0.3, -0.25) is 13.9 Å². The molecule has 0 spiro atoms. The summed E-state index contributed by atoms with van der Waals surface area (Å²) in [5.41, 5.74) is 0. The molecule has 11 nitrogen and oxygen atoms in total. The number of nitrogens with zero attached hydrogens (tertiary/aromatic N) is 2. The summed E-state index contributed by atoms with van der Waals surface area (Å²) in [4.78, 5) is 13.5. The molecule has 1 amide bonds. The maximum atomic E-state index is 11.3. The second kappa shape index (κ2) is 19.0. The summed E-state index contributed by atoms with van der Waals surface area (Å²) in [5, 5.41) is 2.69. The number of amides is 1. The van der Waals surface area contributed by atoms with E-state index in [1.807, 2.05) is 6.92 Å². The molecule has 30 heavy (non-hydrogen) atoms. The monoisotopic (exact) mass is 456 g/mol. The first-order chi connectivity index (χ1) is 14.6. The van der Waals surface area contributed by atoms with Crippen molar-refractivity contribution in [2.45, 2.75) is 6.92 Å². The van der Waals surface area contributed by atoms with Gasteiger partial charge in [-0.2, -0.15) is 0 Å². The van der Waals surface area contributed by atoms with E-state index in [-0.39, 0.29) is 13.9 Å². The second-order valence-corrected chi connectivity index (χ2v) is 7.37. The third-order valence-corrected chi connectivity index (χ3v) is 5.00. The molecule has 0 aromatic rings. The highest BCUT2D eigenvalue weighted by Gasteiger charge is 2.16. The van der Waals surface area contributed by atoms with Crippen molar-refractivity contribution in [2.24, 2.45) is 0 Å². The summed E-state index contributed by atoms with van der Waals surface area (Å²) in [7, 11) is 0. The zero-order chi connectivity index (χ0) is 21.9. The Balaban J connectivity index is 0.00000900. The van der Waals surface area contributed by atoms with Crippen LogP contribution in [0.5, 0.6) is 0 Å². The SMILES string of the molecule is CCOCC(=O)NCCOCCOCCOCCOCCN1CCN(S(=O)[O-])CC1.[HH]. The molecule has 1 N–H and O–H groups in total. The van der Waals surface area contributed by atoms with Crippen molar-refractivity contribution in [3.63, 3.8) is 0 Å². The molecule has 0 aliphatic carbocycles. The summed E-state index contributed by atoms with van der Waals surface area (Å²) in [6.07, 6.45) is 0. The van der Waals surface area contributed by atoms with E-state index in [0.29, 0.717) is 79.1 Å². The Morgan fingerprint density at radius 2 is 1.43 bits per heavy atom. The first-order valence-corrected chi connectivity index (χ1v) is 11.4. The Morgan fingerprint density at radius 3 is 1.97 bits per heavy atom. The maximum absolute atomic E-state index is 11.3. The van der Waals surface area contributed by atoms with Gasteiger partial charge in [0, 0.05) is 58.6 Å². The van der Waals surface area contributed by atoms with Crippen LogP contribution in [0.1, 0.15) is 8.35 Å². The summed E-state index contributed by atoms with van der Waals surface area (Å²) in [6, 6.07) is 0. The fraction of sp³-hybridized carbons (Fsp3) is 0.944. The van der Waals surface area contributed by atoms with Gasteiger partial charge in [-0.15, -0.1) is 0 Å². The Labute approximate surface area is 183 Å². The normalized spacial score (nSPS) is 16.6. The molecule has 1 saturated heterocycles. The molecule has 180 valence electrons. The van der Waals surface area contributed by atoms with Crippen molar-refractivity contribution in [1.29, 1.82) is 0 Å². The third-order valence-electron chi connectivity index (χ3n) is 4.22. The van der Waals surface area contributed by atoms with Crippen LogP contribution >= 0.6 is 0 Å². The van der Waals surface area contributed by atoms with Crippen molar-refractivity contribution in [3.8, 4) is 0 Å². The van der Waals surface area contributed by atoms with Gasteiger partial charge in [0.1, 0.15) is 6.61 Å². The molecule has 0 aromatic carbocycles. The van der Waals surface area contributed by atoms with E-state index in [4.69, 9.17) is 23.7 Å². The lowest BCUT2D eigenvalue weighted by atomic mass is 10.3. The van der Waals surface area contributed by atoms with Gasteiger partial charge in [-0.1, -0.05) is 0 Å². The predicted molar refractivity (Wildman–Crippen MR) is 112 cm³/mol. The number of rotatable bonds is 19. The van der Waals surface area contributed by atoms with Crippen molar-refractivity contribution in [3.05, 3.63) is 0 Å². The van der Waals surface area contributed by atoms with Crippen LogP contribution in [-0.4, -0.2) is 129 Å². The maximum Gasteiger partial charge on any atom is 0.246 e. The van der Waals surface area contributed by atoms with Crippen molar-refractivity contribution >= 4 is 17.2 Å². The number of hydrogen-bond donors (Lipinski definition) is 1. The number of carbonyl (C=O) groups is 1. The number of carbonyl (C=O) groups excluding carboxylic acids is 1. The third kappa shape index (κ3) is 15.2. The lowest BCUT2D eigenvalue weighted by Crippen LogP contribution is -2.47. The Morgan fingerprint density at radius 1 is 0.900 bits per heavy atom. The molecular formula is C18H38N3O8S-. The standard InChI is InChI=1S/C18H37N3O8S.H2/c1-2-25-17-18(22)19-3-9-26-11-13-28-15-16-29-14-12-27-10-8-20-4-6-21(7-5-20)30(23)24;/h2-17H2,1H3,(H,19,22)(H,23,24);1H/p-1. The zero-order valence-corrected chi connectivity index (χ0v) is 18.7. The highest BCUT2D eigenvalue weighted by atomic mass is 32.2. The lowest BCUT2D eigenvalue weighted by molar-refractivity contribution is -0.125. The van der Waals surface area contributed by atoms with Gasteiger partial charge in [-0.25, -0.2) is 4.31 Å². The second-order valence-electron chi connectivity index (χ2n) is 6.42. The average Bonchev–Trinajstić information content (AvgIpc) is 2.75. The molecule has 1 unspecified atom stereocenters. The average molecular weight is 457 g/mol. The lowest BCUT2D eigenvalue weighted by Gasteiger charge is -2.35. The van der Waals surface area contributed by atoms with Gasteiger partial charge in [0.15, 0.2) is 0 Å². The number of nitrogens with one attached hydrogen (secondary N) is 1. The van der Waals surface area contributed by atoms with Gasteiger partial charge in [0.2, 0.25) is 5.91 Å². The number of hydrogen-bond acceptors (Lipinski definition) is 9. The summed E-state index contributed by atoms with van der Waals surface area (Å²) >= 11 is -2.11. The van der Waals surface area contributed by atoms with E-state index in [2.05, 4.69) is 10.2 Å². The summed E-state index contributed by atoms with van der Waals surface area (Å²) < 4.78 is 49.8. The van der Waals surface area contributed by atoms with Crippen LogP contribution in [0.15, 0.2) is 0 Å². The molecule has 0 aromatic heterocycles. The van der Waals surface area contributed by atoms with Crippen molar-refractivity contribution in [2.75, 3.05) is 105 Å². The van der Waals surface area contributed by atoms with Crippen LogP contribution in [0.4, 0.5) is 0 Å². The molecule has 1 aliphatic rings. The van der Waals surface area contributed by atoms with E-state index in [0.717, 1.165) is 19.6 Å². The molecular weight excluding hydrogens is 418 g/mol. The van der Waals surface area contributed by atoms with E-state index in [9.17, 15) is 13.6 Å².